The Morgan fingerprint density at radius 3 is 2.10 bits per heavy atom. The summed E-state index contributed by atoms with van der Waals surface area (Å²) in [6.45, 7) is 2.93. The SMILES string of the molecule is CCCCOc1ccc(-c2ccc(COc3ccc(C#N)c(F)c3F)cc2)cc1. The molecule has 3 aromatic rings. The van der Waals surface area contributed by atoms with Crippen LogP contribution in [-0.4, -0.2) is 6.61 Å². The summed E-state index contributed by atoms with van der Waals surface area (Å²) in [5.41, 5.74) is 2.56. The van der Waals surface area contributed by atoms with Gasteiger partial charge < -0.3 is 9.47 Å². The molecule has 0 unspecified atom stereocenters. The number of nitriles is 1. The Balaban J connectivity index is 1.62. The van der Waals surface area contributed by atoms with Gasteiger partial charge in [-0.05, 0) is 47.4 Å². The Labute approximate surface area is 169 Å². The molecular formula is C24H21F2NO2. The van der Waals surface area contributed by atoms with Crippen LogP contribution >= 0.6 is 0 Å². The van der Waals surface area contributed by atoms with E-state index in [4.69, 9.17) is 14.7 Å². The van der Waals surface area contributed by atoms with E-state index in [2.05, 4.69) is 6.92 Å². The predicted octanol–water partition coefficient (Wildman–Crippen LogP) is 6.26. The van der Waals surface area contributed by atoms with Gasteiger partial charge in [-0.15, -0.1) is 0 Å². The van der Waals surface area contributed by atoms with Crippen LogP contribution in [0, 0.1) is 23.0 Å². The fourth-order valence-electron chi connectivity index (χ4n) is 2.76. The Kier molecular flexibility index (Phi) is 6.80. The molecule has 0 aromatic heterocycles. The van der Waals surface area contributed by atoms with Crippen molar-refractivity contribution in [1.82, 2.24) is 0 Å². The second-order valence-electron chi connectivity index (χ2n) is 6.56. The van der Waals surface area contributed by atoms with E-state index in [-0.39, 0.29) is 17.9 Å². The van der Waals surface area contributed by atoms with Crippen molar-refractivity contribution >= 4 is 0 Å². The molecule has 0 aliphatic rings. The molecule has 0 bridgehead atoms. The van der Waals surface area contributed by atoms with E-state index in [0.29, 0.717) is 6.61 Å². The number of hydrogen-bond donors (Lipinski definition) is 0. The monoisotopic (exact) mass is 393 g/mol. The fourth-order valence-corrected chi connectivity index (χ4v) is 2.76. The highest BCUT2D eigenvalue weighted by Gasteiger charge is 2.14. The van der Waals surface area contributed by atoms with Crippen LogP contribution in [0.25, 0.3) is 11.1 Å². The second-order valence-corrected chi connectivity index (χ2v) is 6.56. The minimum Gasteiger partial charge on any atom is -0.494 e. The highest BCUT2D eigenvalue weighted by molar-refractivity contribution is 5.64. The lowest BCUT2D eigenvalue weighted by molar-refractivity contribution is 0.284. The van der Waals surface area contributed by atoms with Gasteiger partial charge in [-0.2, -0.15) is 9.65 Å². The third-order valence-electron chi connectivity index (χ3n) is 4.47. The van der Waals surface area contributed by atoms with Gasteiger partial charge in [0, 0.05) is 0 Å². The standard InChI is InChI=1S/C24H21F2NO2/c1-2-3-14-28-21-11-8-19(9-12-21)18-6-4-17(5-7-18)16-29-22-13-10-20(15-27)23(25)24(22)26/h4-13H,2-3,14,16H2,1H3. The minimum absolute atomic E-state index is 0.0900. The normalized spacial score (nSPS) is 10.4. The van der Waals surface area contributed by atoms with E-state index in [9.17, 15) is 8.78 Å². The highest BCUT2D eigenvalue weighted by atomic mass is 19.2. The number of rotatable bonds is 8. The third-order valence-corrected chi connectivity index (χ3v) is 4.47. The summed E-state index contributed by atoms with van der Waals surface area (Å²) in [6, 6.07) is 19.6. The number of halogens is 2. The third kappa shape index (κ3) is 5.11. The van der Waals surface area contributed by atoms with E-state index in [1.165, 1.54) is 12.1 Å². The smallest absolute Gasteiger partial charge is 0.202 e. The molecule has 0 radical (unpaired) electrons. The molecule has 0 aliphatic heterocycles. The molecular weight excluding hydrogens is 372 g/mol. The van der Waals surface area contributed by atoms with E-state index in [1.807, 2.05) is 48.5 Å². The first-order chi connectivity index (χ1) is 14.1. The van der Waals surface area contributed by atoms with Crippen LogP contribution in [0.4, 0.5) is 8.78 Å². The van der Waals surface area contributed by atoms with Crippen molar-refractivity contribution in [3.05, 3.63) is 83.4 Å². The van der Waals surface area contributed by atoms with Crippen molar-refractivity contribution in [2.45, 2.75) is 26.4 Å². The molecule has 3 aromatic carbocycles. The molecule has 0 spiro atoms. The van der Waals surface area contributed by atoms with Gasteiger partial charge in [0.25, 0.3) is 0 Å². The summed E-state index contributed by atoms with van der Waals surface area (Å²) in [4.78, 5) is 0. The zero-order valence-electron chi connectivity index (χ0n) is 16.1. The molecule has 0 saturated carbocycles. The van der Waals surface area contributed by atoms with Crippen LogP contribution in [0.5, 0.6) is 11.5 Å². The lowest BCUT2D eigenvalue weighted by atomic mass is 10.0. The molecule has 0 N–H and O–H groups in total. The lowest BCUT2D eigenvalue weighted by Gasteiger charge is -2.10. The highest BCUT2D eigenvalue weighted by Crippen LogP contribution is 2.25. The number of ether oxygens (including phenoxy) is 2. The zero-order chi connectivity index (χ0) is 20.6. The summed E-state index contributed by atoms with van der Waals surface area (Å²) in [5.74, 6) is -1.71. The molecule has 0 amide bonds. The summed E-state index contributed by atoms with van der Waals surface area (Å²) in [6.07, 6.45) is 2.13. The molecule has 0 saturated heterocycles. The predicted molar refractivity (Wildman–Crippen MR) is 108 cm³/mol. The molecule has 0 heterocycles. The lowest BCUT2D eigenvalue weighted by Crippen LogP contribution is -2.00. The molecule has 5 heteroatoms. The maximum atomic E-state index is 13.9. The van der Waals surface area contributed by atoms with Gasteiger partial charge in [0.15, 0.2) is 11.6 Å². The van der Waals surface area contributed by atoms with E-state index in [1.54, 1.807) is 6.07 Å². The Bertz CT molecular complexity index is 993. The maximum absolute atomic E-state index is 13.9. The van der Waals surface area contributed by atoms with Crippen molar-refractivity contribution in [2.24, 2.45) is 0 Å². The largest absolute Gasteiger partial charge is 0.494 e. The number of benzene rings is 3. The minimum atomic E-state index is -1.19. The van der Waals surface area contributed by atoms with Gasteiger partial charge in [-0.1, -0.05) is 49.7 Å². The molecule has 0 fully saturated rings. The second kappa shape index (κ2) is 9.70. The first-order valence-corrected chi connectivity index (χ1v) is 9.45. The summed E-state index contributed by atoms with van der Waals surface area (Å²) < 4.78 is 38.6. The van der Waals surface area contributed by atoms with Crippen molar-refractivity contribution in [2.75, 3.05) is 6.61 Å². The van der Waals surface area contributed by atoms with Gasteiger partial charge in [-0.25, -0.2) is 4.39 Å². The molecule has 0 atom stereocenters. The van der Waals surface area contributed by atoms with Gasteiger partial charge in [0.1, 0.15) is 18.4 Å². The molecule has 3 nitrogen and oxygen atoms in total. The van der Waals surface area contributed by atoms with E-state index < -0.39 is 11.6 Å². The Hall–Kier alpha value is -3.39. The topological polar surface area (TPSA) is 42.2 Å². The van der Waals surface area contributed by atoms with Gasteiger partial charge in [0.2, 0.25) is 5.82 Å². The average molecular weight is 393 g/mol. The van der Waals surface area contributed by atoms with Crippen molar-refractivity contribution in [3.8, 4) is 28.7 Å². The van der Waals surface area contributed by atoms with Crippen molar-refractivity contribution in [1.29, 1.82) is 5.26 Å². The summed E-state index contributed by atoms with van der Waals surface area (Å²) in [7, 11) is 0. The van der Waals surface area contributed by atoms with E-state index >= 15 is 0 Å². The van der Waals surface area contributed by atoms with Crippen LogP contribution in [0.15, 0.2) is 60.7 Å². The van der Waals surface area contributed by atoms with Crippen LogP contribution in [-0.2, 0) is 6.61 Å². The first kappa shape index (κ1) is 20.3. The van der Waals surface area contributed by atoms with Gasteiger partial charge in [-0.3, -0.25) is 0 Å². The number of hydrogen-bond acceptors (Lipinski definition) is 3. The number of unbranched alkanes of at least 4 members (excludes halogenated alkanes) is 1. The average Bonchev–Trinajstić information content (AvgIpc) is 2.76. The molecule has 148 valence electrons. The molecule has 0 aliphatic carbocycles. The van der Waals surface area contributed by atoms with Crippen molar-refractivity contribution in [3.63, 3.8) is 0 Å². The van der Waals surface area contributed by atoms with Crippen LogP contribution in [0.3, 0.4) is 0 Å². The quantitative estimate of drug-likeness (QED) is 0.424. The molecule has 3 rings (SSSR count). The first-order valence-electron chi connectivity index (χ1n) is 9.45. The van der Waals surface area contributed by atoms with Crippen LogP contribution in [0.2, 0.25) is 0 Å². The maximum Gasteiger partial charge on any atom is 0.202 e. The van der Waals surface area contributed by atoms with E-state index in [0.717, 1.165) is 35.3 Å². The van der Waals surface area contributed by atoms with Crippen molar-refractivity contribution < 1.29 is 18.3 Å². The van der Waals surface area contributed by atoms with Crippen LogP contribution < -0.4 is 9.47 Å². The summed E-state index contributed by atoms with van der Waals surface area (Å²) >= 11 is 0. The number of nitrogens with zero attached hydrogens (tertiary/aromatic N) is 1. The summed E-state index contributed by atoms with van der Waals surface area (Å²) in [5, 5.41) is 8.72. The fraction of sp³-hybridized carbons (Fsp3) is 0.208. The Morgan fingerprint density at radius 2 is 1.48 bits per heavy atom. The molecule has 29 heavy (non-hydrogen) atoms. The van der Waals surface area contributed by atoms with Gasteiger partial charge >= 0.3 is 0 Å². The zero-order valence-corrected chi connectivity index (χ0v) is 16.1. The van der Waals surface area contributed by atoms with Crippen LogP contribution in [0.1, 0.15) is 30.9 Å². The van der Waals surface area contributed by atoms with Gasteiger partial charge in [0.05, 0.1) is 12.2 Å². The Morgan fingerprint density at radius 1 is 0.828 bits per heavy atom.